The number of aliphatic hydroxyl groups is 1. The van der Waals surface area contributed by atoms with Crippen LogP contribution < -0.4 is 0 Å². The molecule has 0 heterocycles. The number of hydrogen-bond acceptors (Lipinski definition) is 3. The Labute approximate surface area is 97.5 Å². The molecular formula is C11H10ClNO3. The molecule has 0 spiro atoms. The molecule has 84 valence electrons. The molecule has 1 rings (SSSR count). The third-order valence-corrected chi connectivity index (χ3v) is 2.02. The first-order valence-electron chi connectivity index (χ1n) is 4.45. The number of aliphatic imine (C=N–C) groups is 1. The van der Waals surface area contributed by atoms with Crippen LogP contribution in [0.4, 0.5) is 5.69 Å². The summed E-state index contributed by atoms with van der Waals surface area (Å²) in [4.78, 5) is 14.7. The summed E-state index contributed by atoms with van der Waals surface area (Å²) in [6, 6.07) is 8.81. The lowest BCUT2D eigenvalue weighted by Gasteiger charge is -1.98. The van der Waals surface area contributed by atoms with Gasteiger partial charge in [0.15, 0.2) is 0 Å². The van der Waals surface area contributed by atoms with Gasteiger partial charge in [0, 0.05) is 6.21 Å². The highest BCUT2D eigenvalue weighted by molar-refractivity contribution is 6.20. The van der Waals surface area contributed by atoms with Gasteiger partial charge in [0.2, 0.25) is 0 Å². The van der Waals surface area contributed by atoms with Crippen LogP contribution >= 0.6 is 11.6 Å². The van der Waals surface area contributed by atoms with E-state index in [1.165, 1.54) is 0 Å². The van der Waals surface area contributed by atoms with E-state index in [2.05, 4.69) is 4.99 Å². The maximum absolute atomic E-state index is 10.8. The van der Waals surface area contributed by atoms with E-state index in [-0.39, 0.29) is 11.5 Å². The predicted octanol–water partition coefficient (Wildman–Crippen LogP) is 2.52. The SMILES string of the molecule is O=C(O)/C(C=Nc1ccccc1)=C(/O)CCl. The topological polar surface area (TPSA) is 69.9 Å². The Bertz CT molecular complexity index is 426. The summed E-state index contributed by atoms with van der Waals surface area (Å²) in [6.45, 7) is 0. The molecule has 0 amide bonds. The second-order valence-corrected chi connectivity index (χ2v) is 3.16. The summed E-state index contributed by atoms with van der Waals surface area (Å²) in [6.07, 6.45) is 1.08. The molecule has 1 aromatic carbocycles. The lowest BCUT2D eigenvalue weighted by molar-refractivity contribution is -0.132. The molecule has 0 atom stereocenters. The molecule has 0 saturated carbocycles. The highest BCUT2D eigenvalue weighted by Crippen LogP contribution is 2.10. The zero-order valence-corrected chi connectivity index (χ0v) is 9.05. The van der Waals surface area contributed by atoms with E-state index in [1.54, 1.807) is 24.3 Å². The van der Waals surface area contributed by atoms with Gasteiger partial charge in [0.25, 0.3) is 0 Å². The van der Waals surface area contributed by atoms with E-state index in [0.29, 0.717) is 5.69 Å². The molecule has 0 aromatic heterocycles. The van der Waals surface area contributed by atoms with Crippen LogP contribution in [0.5, 0.6) is 0 Å². The Morgan fingerprint density at radius 1 is 1.31 bits per heavy atom. The number of halogens is 1. The van der Waals surface area contributed by atoms with Gasteiger partial charge >= 0.3 is 5.97 Å². The summed E-state index contributed by atoms with van der Waals surface area (Å²) in [5.74, 6) is -1.94. The standard InChI is InChI=1S/C11H10ClNO3/c12-6-10(14)9(11(15)16)7-13-8-4-2-1-3-5-8/h1-5,7,14H,6H2,(H,15,16)/b10-9+,13-7?. The average Bonchev–Trinajstić information content (AvgIpc) is 2.30. The number of aliphatic hydroxyl groups excluding tert-OH is 1. The van der Waals surface area contributed by atoms with Crippen LogP contribution in [0.2, 0.25) is 0 Å². The molecule has 0 aliphatic carbocycles. The maximum atomic E-state index is 10.8. The average molecular weight is 240 g/mol. The maximum Gasteiger partial charge on any atom is 0.340 e. The number of nitrogens with zero attached hydrogens (tertiary/aromatic N) is 1. The van der Waals surface area contributed by atoms with Crippen molar-refractivity contribution < 1.29 is 15.0 Å². The molecule has 0 fully saturated rings. The summed E-state index contributed by atoms with van der Waals surface area (Å²) < 4.78 is 0. The van der Waals surface area contributed by atoms with E-state index in [9.17, 15) is 9.90 Å². The third kappa shape index (κ3) is 3.40. The zero-order chi connectivity index (χ0) is 12.0. The van der Waals surface area contributed by atoms with Gasteiger partial charge < -0.3 is 10.2 Å². The normalized spacial score (nSPS) is 12.6. The van der Waals surface area contributed by atoms with Crippen molar-refractivity contribution in [2.24, 2.45) is 4.99 Å². The van der Waals surface area contributed by atoms with Gasteiger partial charge in [-0.3, -0.25) is 4.99 Å². The lowest BCUT2D eigenvalue weighted by Crippen LogP contribution is -2.06. The number of carbonyl (C=O) groups is 1. The largest absolute Gasteiger partial charge is 0.510 e. The van der Waals surface area contributed by atoms with Crippen LogP contribution in [-0.4, -0.2) is 28.3 Å². The molecule has 0 unspecified atom stereocenters. The first-order chi connectivity index (χ1) is 7.65. The van der Waals surface area contributed by atoms with Crippen molar-refractivity contribution in [1.29, 1.82) is 0 Å². The highest BCUT2D eigenvalue weighted by atomic mass is 35.5. The molecule has 0 aliphatic heterocycles. The number of carboxylic acids is 1. The van der Waals surface area contributed by atoms with E-state index in [0.717, 1.165) is 6.21 Å². The molecule has 5 heteroatoms. The van der Waals surface area contributed by atoms with Gasteiger partial charge in [-0.25, -0.2) is 4.79 Å². The van der Waals surface area contributed by atoms with Crippen LogP contribution in [0.15, 0.2) is 46.7 Å². The van der Waals surface area contributed by atoms with Crippen molar-refractivity contribution in [3.05, 3.63) is 41.7 Å². The molecule has 0 aliphatic rings. The fourth-order valence-electron chi connectivity index (χ4n) is 0.978. The van der Waals surface area contributed by atoms with Crippen molar-refractivity contribution in [3.8, 4) is 0 Å². The number of carboxylic acid groups (broad SMARTS) is 1. The molecule has 16 heavy (non-hydrogen) atoms. The summed E-state index contributed by atoms with van der Waals surface area (Å²) >= 11 is 5.34. The highest BCUT2D eigenvalue weighted by Gasteiger charge is 2.10. The van der Waals surface area contributed by atoms with E-state index in [1.807, 2.05) is 6.07 Å². The number of aliphatic carboxylic acids is 1. The number of allylic oxidation sites excluding steroid dienone is 1. The van der Waals surface area contributed by atoms with E-state index < -0.39 is 11.7 Å². The molecule has 1 aromatic rings. The smallest absolute Gasteiger partial charge is 0.340 e. The van der Waals surface area contributed by atoms with Crippen molar-refractivity contribution >= 4 is 29.5 Å². The molecule has 4 nitrogen and oxygen atoms in total. The Kier molecular flexibility index (Phi) is 4.54. The predicted molar refractivity (Wildman–Crippen MR) is 62.6 cm³/mol. The van der Waals surface area contributed by atoms with Crippen LogP contribution in [0.1, 0.15) is 0 Å². The van der Waals surface area contributed by atoms with E-state index in [4.69, 9.17) is 16.7 Å². The number of para-hydroxylation sites is 1. The van der Waals surface area contributed by atoms with E-state index >= 15 is 0 Å². The fourth-order valence-corrected chi connectivity index (χ4v) is 1.12. The third-order valence-electron chi connectivity index (χ3n) is 1.77. The monoisotopic (exact) mass is 239 g/mol. The Hall–Kier alpha value is -1.81. The Morgan fingerprint density at radius 3 is 2.44 bits per heavy atom. The van der Waals surface area contributed by atoms with Crippen LogP contribution in [0.25, 0.3) is 0 Å². The number of rotatable bonds is 4. The first-order valence-corrected chi connectivity index (χ1v) is 4.99. The van der Waals surface area contributed by atoms with Crippen molar-refractivity contribution in [2.45, 2.75) is 0 Å². The number of alkyl halides is 1. The van der Waals surface area contributed by atoms with Crippen LogP contribution in [-0.2, 0) is 4.79 Å². The van der Waals surface area contributed by atoms with Gasteiger partial charge in [-0.15, -0.1) is 11.6 Å². The van der Waals surface area contributed by atoms with Gasteiger partial charge in [-0.2, -0.15) is 0 Å². The van der Waals surface area contributed by atoms with Crippen LogP contribution in [0, 0.1) is 0 Å². The summed E-state index contributed by atoms with van der Waals surface area (Å²) in [5, 5.41) is 18.0. The Balaban J connectivity index is 2.94. The second-order valence-electron chi connectivity index (χ2n) is 2.89. The van der Waals surface area contributed by atoms with Gasteiger partial charge in [0.05, 0.1) is 11.6 Å². The molecule has 0 radical (unpaired) electrons. The zero-order valence-electron chi connectivity index (χ0n) is 8.30. The lowest BCUT2D eigenvalue weighted by atomic mass is 10.2. The van der Waals surface area contributed by atoms with Crippen molar-refractivity contribution in [2.75, 3.05) is 5.88 Å². The molecule has 2 N–H and O–H groups in total. The molecule has 0 bridgehead atoms. The fraction of sp³-hybridized carbons (Fsp3) is 0.0909. The summed E-state index contributed by atoms with van der Waals surface area (Å²) in [7, 11) is 0. The van der Waals surface area contributed by atoms with Crippen LogP contribution in [0.3, 0.4) is 0 Å². The van der Waals surface area contributed by atoms with Gasteiger partial charge in [0.1, 0.15) is 11.3 Å². The minimum Gasteiger partial charge on any atom is -0.510 e. The molecular weight excluding hydrogens is 230 g/mol. The first kappa shape index (κ1) is 12.3. The van der Waals surface area contributed by atoms with Gasteiger partial charge in [-0.05, 0) is 12.1 Å². The van der Waals surface area contributed by atoms with Crippen molar-refractivity contribution in [3.63, 3.8) is 0 Å². The van der Waals surface area contributed by atoms with Crippen molar-refractivity contribution in [1.82, 2.24) is 0 Å². The van der Waals surface area contributed by atoms with Gasteiger partial charge in [-0.1, -0.05) is 18.2 Å². The Morgan fingerprint density at radius 2 is 1.94 bits per heavy atom. The minimum atomic E-state index is -1.27. The molecule has 0 saturated heterocycles. The quantitative estimate of drug-likeness (QED) is 0.367. The second kappa shape index (κ2) is 5.92. The number of benzene rings is 1. The minimum absolute atomic E-state index is 0.261. The number of hydrogen-bond donors (Lipinski definition) is 2. The summed E-state index contributed by atoms with van der Waals surface area (Å²) in [5.41, 5.74) is 0.294.